The number of nitrogens with one attached hydrogen (secondary N) is 1. The van der Waals surface area contributed by atoms with Crippen molar-refractivity contribution in [3.05, 3.63) is 48.0 Å². The largest absolute Gasteiger partial charge is 0.335 e. The molecule has 2 amide bonds. The van der Waals surface area contributed by atoms with Crippen LogP contribution in [0.4, 0.5) is 4.79 Å². The molecule has 3 nitrogen and oxygen atoms in total. The van der Waals surface area contributed by atoms with Gasteiger partial charge in [-0.05, 0) is 24.5 Å². The molecule has 1 aliphatic rings. The average Bonchev–Trinajstić information content (AvgIpc) is 2.71. The maximum absolute atomic E-state index is 12.0. The molecule has 1 fully saturated rings. The molecule has 1 saturated heterocycles. The second kappa shape index (κ2) is 7.39. The molecule has 1 aromatic rings. The minimum Gasteiger partial charge on any atom is -0.335 e. The van der Waals surface area contributed by atoms with Crippen LogP contribution < -0.4 is 5.32 Å². The van der Waals surface area contributed by atoms with Crippen molar-refractivity contribution in [1.82, 2.24) is 10.2 Å². The highest BCUT2D eigenvalue weighted by molar-refractivity contribution is 7.99. The Kier molecular flexibility index (Phi) is 5.53. The fourth-order valence-electron chi connectivity index (χ4n) is 2.44. The van der Waals surface area contributed by atoms with E-state index in [0.29, 0.717) is 11.8 Å². The summed E-state index contributed by atoms with van der Waals surface area (Å²) in [6, 6.07) is 8.57. The van der Waals surface area contributed by atoms with Crippen LogP contribution in [0.25, 0.3) is 0 Å². The van der Waals surface area contributed by atoms with Gasteiger partial charge in [0.1, 0.15) is 0 Å². The van der Waals surface area contributed by atoms with E-state index in [1.165, 1.54) is 11.1 Å². The zero-order valence-corrected chi connectivity index (χ0v) is 12.8. The summed E-state index contributed by atoms with van der Waals surface area (Å²) in [6.45, 7) is 7.94. The van der Waals surface area contributed by atoms with Gasteiger partial charge in [0.05, 0.1) is 0 Å². The molecule has 0 bridgehead atoms. The Labute approximate surface area is 125 Å². The van der Waals surface area contributed by atoms with Gasteiger partial charge in [-0.25, -0.2) is 4.79 Å². The van der Waals surface area contributed by atoms with Gasteiger partial charge in [0.25, 0.3) is 0 Å². The summed E-state index contributed by atoms with van der Waals surface area (Å²) in [5, 5.41) is 3.35. The van der Waals surface area contributed by atoms with Gasteiger partial charge in [0, 0.05) is 30.6 Å². The molecule has 1 heterocycles. The Morgan fingerprint density at radius 3 is 3.05 bits per heavy atom. The number of aryl methyl sites for hydroxylation is 1. The topological polar surface area (TPSA) is 32.3 Å². The predicted octanol–water partition coefficient (Wildman–Crippen LogP) is 3.37. The van der Waals surface area contributed by atoms with Crippen LogP contribution in [0.1, 0.15) is 22.8 Å². The fourth-order valence-corrected chi connectivity index (χ4v) is 3.77. The van der Waals surface area contributed by atoms with Crippen LogP contribution in [0.5, 0.6) is 0 Å². The van der Waals surface area contributed by atoms with Gasteiger partial charge in [-0.2, -0.15) is 11.8 Å². The summed E-state index contributed by atoms with van der Waals surface area (Å²) in [7, 11) is 0. The second-order valence-corrected chi connectivity index (χ2v) is 6.28. The highest BCUT2D eigenvalue weighted by Crippen LogP contribution is 2.35. The van der Waals surface area contributed by atoms with Crippen molar-refractivity contribution in [3.63, 3.8) is 0 Å². The first-order valence-electron chi connectivity index (χ1n) is 7.03. The van der Waals surface area contributed by atoms with Crippen molar-refractivity contribution in [2.45, 2.75) is 18.6 Å². The molecule has 108 valence electrons. The molecular weight excluding hydrogens is 268 g/mol. The van der Waals surface area contributed by atoms with Gasteiger partial charge >= 0.3 is 6.03 Å². The smallest absolute Gasteiger partial charge is 0.317 e. The van der Waals surface area contributed by atoms with Crippen LogP contribution in [0, 0.1) is 6.92 Å². The second-order valence-electron chi connectivity index (χ2n) is 4.97. The first-order valence-corrected chi connectivity index (χ1v) is 8.08. The summed E-state index contributed by atoms with van der Waals surface area (Å²) in [6.07, 6.45) is 2.72. The molecule has 0 radical (unpaired) electrons. The standard InChI is InChI=1S/C16H22N2OS/c1-3-9-17-16(19)18-10-8-15(20-12-11-18)14-7-5-4-6-13(14)2/h3-7,15H,1,8-12H2,2H3,(H,17,19). The molecule has 20 heavy (non-hydrogen) atoms. The van der Waals surface area contributed by atoms with Gasteiger partial charge in [-0.1, -0.05) is 30.3 Å². The van der Waals surface area contributed by atoms with E-state index in [4.69, 9.17) is 0 Å². The normalized spacial score (nSPS) is 19.2. The van der Waals surface area contributed by atoms with E-state index in [1.807, 2.05) is 16.7 Å². The molecule has 0 aromatic heterocycles. The Bertz CT molecular complexity index is 475. The molecule has 0 aliphatic carbocycles. The van der Waals surface area contributed by atoms with E-state index in [0.717, 1.165) is 25.3 Å². The Morgan fingerprint density at radius 2 is 2.30 bits per heavy atom. The molecule has 0 spiro atoms. The number of nitrogens with zero attached hydrogens (tertiary/aromatic N) is 1. The van der Waals surface area contributed by atoms with Crippen molar-refractivity contribution in [2.75, 3.05) is 25.4 Å². The zero-order valence-electron chi connectivity index (χ0n) is 12.0. The lowest BCUT2D eigenvalue weighted by Crippen LogP contribution is -2.41. The number of hydrogen-bond donors (Lipinski definition) is 1. The number of amides is 2. The molecule has 1 aliphatic heterocycles. The third-order valence-corrected chi connectivity index (χ3v) is 4.87. The first-order chi connectivity index (χ1) is 9.72. The molecule has 1 unspecified atom stereocenters. The molecule has 1 aromatic carbocycles. The van der Waals surface area contributed by atoms with E-state index in [-0.39, 0.29) is 6.03 Å². The summed E-state index contributed by atoms with van der Waals surface area (Å²) in [5.74, 6) is 0.987. The molecule has 2 rings (SSSR count). The minimum absolute atomic E-state index is 0.0240. The molecular formula is C16H22N2OS. The van der Waals surface area contributed by atoms with Gasteiger partial charge in [0.2, 0.25) is 0 Å². The monoisotopic (exact) mass is 290 g/mol. The van der Waals surface area contributed by atoms with Gasteiger partial charge in [-0.15, -0.1) is 6.58 Å². The zero-order chi connectivity index (χ0) is 14.4. The number of thioether (sulfide) groups is 1. The average molecular weight is 290 g/mol. The van der Waals surface area contributed by atoms with Crippen molar-refractivity contribution in [1.29, 1.82) is 0 Å². The number of carbonyl (C=O) groups excluding carboxylic acids is 1. The van der Waals surface area contributed by atoms with Gasteiger partial charge in [-0.3, -0.25) is 0 Å². The van der Waals surface area contributed by atoms with E-state index < -0.39 is 0 Å². The van der Waals surface area contributed by atoms with Crippen LogP contribution in [-0.4, -0.2) is 36.3 Å². The van der Waals surface area contributed by atoms with E-state index >= 15 is 0 Å². The Balaban J connectivity index is 1.97. The van der Waals surface area contributed by atoms with Crippen molar-refractivity contribution in [3.8, 4) is 0 Å². The van der Waals surface area contributed by atoms with Gasteiger partial charge < -0.3 is 10.2 Å². The maximum atomic E-state index is 12.0. The van der Waals surface area contributed by atoms with Crippen LogP contribution >= 0.6 is 11.8 Å². The third kappa shape index (κ3) is 3.79. The first kappa shape index (κ1) is 15.0. The minimum atomic E-state index is 0.0240. The molecule has 4 heteroatoms. The van der Waals surface area contributed by atoms with E-state index in [9.17, 15) is 4.79 Å². The van der Waals surface area contributed by atoms with Crippen LogP contribution in [0.2, 0.25) is 0 Å². The summed E-state index contributed by atoms with van der Waals surface area (Å²) in [5.41, 5.74) is 2.75. The fraction of sp³-hybridized carbons (Fsp3) is 0.438. The molecule has 1 atom stereocenters. The molecule has 0 saturated carbocycles. The quantitative estimate of drug-likeness (QED) is 0.866. The van der Waals surface area contributed by atoms with Crippen molar-refractivity contribution in [2.24, 2.45) is 0 Å². The summed E-state index contributed by atoms with van der Waals surface area (Å²) < 4.78 is 0. The van der Waals surface area contributed by atoms with Crippen molar-refractivity contribution < 1.29 is 4.79 Å². The number of rotatable bonds is 3. The van der Waals surface area contributed by atoms with E-state index in [1.54, 1.807) is 6.08 Å². The maximum Gasteiger partial charge on any atom is 0.317 e. The summed E-state index contributed by atoms with van der Waals surface area (Å²) >= 11 is 1.95. The molecule has 1 N–H and O–H groups in total. The van der Waals surface area contributed by atoms with Crippen molar-refractivity contribution >= 4 is 17.8 Å². The van der Waals surface area contributed by atoms with Crippen LogP contribution in [0.15, 0.2) is 36.9 Å². The Hall–Kier alpha value is -1.42. The highest BCUT2D eigenvalue weighted by atomic mass is 32.2. The van der Waals surface area contributed by atoms with E-state index in [2.05, 4.69) is 43.1 Å². The number of carbonyl (C=O) groups is 1. The number of benzene rings is 1. The Morgan fingerprint density at radius 1 is 1.50 bits per heavy atom. The predicted molar refractivity (Wildman–Crippen MR) is 86.2 cm³/mol. The third-order valence-electron chi connectivity index (χ3n) is 3.56. The van der Waals surface area contributed by atoms with Crippen LogP contribution in [0.3, 0.4) is 0 Å². The lowest BCUT2D eigenvalue weighted by atomic mass is 10.0. The lowest BCUT2D eigenvalue weighted by Gasteiger charge is -2.20. The number of urea groups is 1. The van der Waals surface area contributed by atoms with Crippen LogP contribution in [-0.2, 0) is 0 Å². The lowest BCUT2D eigenvalue weighted by molar-refractivity contribution is 0.202. The SMILES string of the molecule is C=CCNC(=O)N1CCSC(c2ccccc2C)CC1. The highest BCUT2D eigenvalue weighted by Gasteiger charge is 2.22. The summed E-state index contributed by atoms with van der Waals surface area (Å²) in [4.78, 5) is 13.9. The number of hydrogen-bond acceptors (Lipinski definition) is 2. The van der Waals surface area contributed by atoms with Gasteiger partial charge in [0.15, 0.2) is 0 Å².